The summed E-state index contributed by atoms with van der Waals surface area (Å²) in [5.74, 6) is 0.0630. The maximum absolute atomic E-state index is 10.8. The Morgan fingerprint density at radius 3 is 2.26 bits per heavy atom. The van der Waals surface area contributed by atoms with E-state index < -0.39 is 9.05 Å². The maximum Gasteiger partial charge on any atom is 0.232 e. The van der Waals surface area contributed by atoms with E-state index in [2.05, 4.69) is 21.9 Å². The summed E-state index contributed by atoms with van der Waals surface area (Å²) in [6, 6.07) is 10.4. The Balaban J connectivity index is 1.74. The van der Waals surface area contributed by atoms with Gasteiger partial charge in [-0.1, -0.05) is 18.2 Å². The summed E-state index contributed by atoms with van der Waals surface area (Å²) in [5, 5.41) is 0. The van der Waals surface area contributed by atoms with E-state index in [-0.39, 0.29) is 5.75 Å². The van der Waals surface area contributed by atoms with Gasteiger partial charge in [0.05, 0.1) is 5.75 Å². The van der Waals surface area contributed by atoms with Crippen molar-refractivity contribution in [1.29, 1.82) is 0 Å². The molecule has 0 aromatic heterocycles. The van der Waals surface area contributed by atoms with Crippen LogP contribution in [0.25, 0.3) is 0 Å². The Morgan fingerprint density at radius 1 is 1.05 bits per heavy atom. The van der Waals surface area contributed by atoms with Crippen LogP contribution in [0.3, 0.4) is 0 Å². The van der Waals surface area contributed by atoms with E-state index in [1.807, 2.05) is 18.2 Å². The number of hydrogen-bond donors (Lipinski definition) is 0. The van der Waals surface area contributed by atoms with Crippen molar-refractivity contribution in [3.05, 3.63) is 30.3 Å². The zero-order valence-corrected chi connectivity index (χ0v) is 12.4. The molecule has 2 rings (SSSR count). The molecule has 0 atom stereocenters. The Hall–Kier alpha value is -0.780. The molecular formula is C13H19ClN2O2S. The fraction of sp³-hybridized carbons (Fsp3) is 0.538. The molecule has 4 nitrogen and oxygen atoms in total. The molecule has 0 radical (unpaired) electrons. The monoisotopic (exact) mass is 302 g/mol. The second-order valence-electron chi connectivity index (χ2n) is 4.76. The topological polar surface area (TPSA) is 40.6 Å². The van der Waals surface area contributed by atoms with E-state index in [0.29, 0.717) is 6.42 Å². The molecule has 1 aromatic carbocycles. The average molecular weight is 303 g/mol. The molecule has 1 fully saturated rings. The van der Waals surface area contributed by atoms with Gasteiger partial charge in [-0.2, -0.15) is 0 Å². The highest BCUT2D eigenvalue weighted by atomic mass is 35.7. The standard InChI is InChI=1S/C13H19ClN2O2S/c14-19(17,18)12-4-7-15-8-10-16(11-9-15)13-5-2-1-3-6-13/h1-3,5-6H,4,7-12H2. The molecule has 0 saturated carbocycles. The number of hydrogen-bond acceptors (Lipinski definition) is 4. The predicted octanol–water partition coefficient (Wildman–Crippen LogP) is 1.77. The number of halogens is 1. The molecule has 0 aliphatic carbocycles. The van der Waals surface area contributed by atoms with Crippen LogP contribution in [0.5, 0.6) is 0 Å². The van der Waals surface area contributed by atoms with E-state index >= 15 is 0 Å². The van der Waals surface area contributed by atoms with Gasteiger partial charge in [0.2, 0.25) is 9.05 Å². The molecule has 19 heavy (non-hydrogen) atoms. The van der Waals surface area contributed by atoms with Crippen LogP contribution in [0.15, 0.2) is 30.3 Å². The van der Waals surface area contributed by atoms with Crippen molar-refractivity contribution >= 4 is 25.4 Å². The normalized spacial score (nSPS) is 17.6. The summed E-state index contributed by atoms with van der Waals surface area (Å²) in [6.07, 6.45) is 0.608. The molecular weight excluding hydrogens is 284 g/mol. The van der Waals surface area contributed by atoms with Gasteiger partial charge >= 0.3 is 0 Å². The van der Waals surface area contributed by atoms with E-state index in [9.17, 15) is 8.42 Å². The van der Waals surface area contributed by atoms with E-state index in [1.165, 1.54) is 5.69 Å². The quantitative estimate of drug-likeness (QED) is 0.777. The summed E-state index contributed by atoms with van der Waals surface area (Å²) in [7, 11) is 1.86. The van der Waals surface area contributed by atoms with Crippen molar-refractivity contribution in [2.45, 2.75) is 6.42 Å². The number of piperazine rings is 1. The lowest BCUT2D eigenvalue weighted by Crippen LogP contribution is -2.46. The largest absolute Gasteiger partial charge is 0.369 e. The molecule has 106 valence electrons. The van der Waals surface area contributed by atoms with Crippen LogP contribution in [0.1, 0.15) is 6.42 Å². The Labute approximate surface area is 119 Å². The van der Waals surface area contributed by atoms with E-state index in [1.54, 1.807) is 0 Å². The minimum absolute atomic E-state index is 0.0630. The fourth-order valence-corrected chi connectivity index (χ4v) is 3.13. The van der Waals surface area contributed by atoms with Crippen LogP contribution in [0.4, 0.5) is 5.69 Å². The molecule has 0 N–H and O–H groups in total. The van der Waals surface area contributed by atoms with Gasteiger partial charge < -0.3 is 4.90 Å². The van der Waals surface area contributed by atoms with Gasteiger partial charge in [0.15, 0.2) is 0 Å². The first kappa shape index (κ1) is 14.6. The molecule has 1 aliphatic rings. The summed E-state index contributed by atoms with van der Waals surface area (Å²) in [4.78, 5) is 4.65. The summed E-state index contributed by atoms with van der Waals surface area (Å²) in [5.41, 5.74) is 1.26. The Kier molecular flexibility index (Phi) is 5.07. The lowest BCUT2D eigenvalue weighted by molar-refractivity contribution is 0.259. The minimum Gasteiger partial charge on any atom is -0.369 e. The van der Waals surface area contributed by atoms with Crippen molar-refractivity contribution in [3.63, 3.8) is 0 Å². The van der Waals surface area contributed by atoms with Gasteiger partial charge in [-0.05, 0) is 25.1 Å². The lowest BCUT2D eigenvalue weighted by atomic mass is 10.2. The SMILES string of the molecule is O=S(=O)(Cl)CCCN1CCN(c2ccccc2)CC1. The second kappa shape index (κ2) is 6.59. The lowest BCUT2D eigenvalue weighted by Gasteiger charge is -2.36. The number of para-hydroxylation sites is 1. The summed E-state index contributed by atoms with van der Waals surface area (Å²) in [6.45, 7) is 4.71. The van der Waals surface area contributed by atoms with Gasteiger partial charge in [0.1, 0.15) is 0 Å². The second-order valence-corrected chi connectivity index (χ2v) is 7.66. The highest BCUT2D eigenvalue weighted by Crippen LogP contribution is 2.15. The minimum atomic E-state index is -3.34. The molecule has 1 aliphatic heterocycles. The summed E-state index contributed by atoms with van der Waals surface area (Å²) < 4.78 is 21.7. The Morgan fingerprint density at radius 2 is 1.68 bits per heavy atom. The van der Waals surface area contributed by atoms with Gasteiger partial charge in [-0.15, -0.1) is 0 Å². The third-order valence-electron chi connectivity index (χ3n) is 3.36. The molecule has 1 saturated heterocycles. The molecule has 1 aromatic rings. The molecule has 6 heteroatoms. The first-order valence-corrected chi connectivity index (χ1v) is 8.97. The third kappa shape index (κ3) is 5.01. The zero-order chi connectivity index (χ0) is 13.7. The summed E-state index contributed by atoms with van der Waals surface area (Å²) >= 11 is 0. The van der Waals surface area contributed by atoms with Gasteiger partial charge in [0, 0.05) is 42.5 Å². The molecule has 0 spiro atoms. The van der Waals surface area contributed by atoms with Crippen molar-refractivity contribution in [3.8, 4) is 0 Å². The molecule has 0 unspecified atom stereocenters. The van der Waals surface area contributed by atoms with Gasteiger partial charge in [-0.25, -0.2) is 8.42 Å². The average Bonchev–Trinajstić information content (AvgIpc) is 2.39. The van der Waals surface area contributed by atoms with Crippen LogP contribution in [-0.2, 0) is 9.05 Å². The molecule has 0 amide bonds. The fourth-order valence-electron chi connectivity index (χ4n) is 2.33. The maximum atomic E-state index is 10.8. The van der Waals surface area contributed by atoms with Crippen LogP contribution in [-0.4, -0.2) is 51.8 Å². The number of benzene rings is 1. The van der Waals surface area contributed by atoms with E-state index in [0.717, 1.165) is 32.7 Å². The van der Waals surface area contributed by atoms with Gasteiger partial charge in [0.25, 0.3) is 0 Å². The van der Waals surface area contributed by atoms with Crippen molar-refractivity contribution < 1.29 is 8.42 Å². The molecule has 1 heterocycles. The Bertz CT molecular complexity index is 485. The third-order valence-corrected chi connectivity index (χ3v) is 4.60. The van der Waals surface area contributed by atoms with E-state index in [4.69, 9.17) is 10.7 Å². The van der Waals surface area contributed by atoms with Crippen molar-refractivity contribution in [1.82, 2.24) is 4.90 Å². The first-order chi connectivity index (χ1) is 9.04. The van der Waals surface area contributed by atoms with Crippen LogP contribution < -0.4 is 4.90 Å². The van der Waals surface area contributed by atoms with Crippen molar-refractivity contribution in [2.75, 3.05) is 43.4 Å². The highest BCUT2D eigenvalue weighted by Gasteiger charge is 2.17. The first-order valence-electron chi connectivity index (χ1n) is 6.49. The smallest absolute Gasteiger partial charge is 0.232 e. The van der Waals surface area contributed by atoms with Crippen LogP contribution in [0, 0.1) is 0 Å². The number of nitrogens with zero attached hydrogens (tertiary/aromatic N) is 2. The van der Waals surface area contributed by atoms with Crippen LogP contribution >= 0.6 is 10.7 Å². The highest BCUT2D eigenvalue weighted by molar-refractivity contribution is 8.13. The predicted molar refractivity (Wildman–Crippen MR) is 79.4 cm³/mol. The zero-order valence-electron chi connectivity index (χ0n) is 10.8. The number of rotatable bonds is 5. The van der Waals surface area contributed by atoms with Crippen LogP contribution in [0.2, 0.25) is 0 Å². The van der Waals surface area contributed by atoms with Gasteiger partial charge in [-0.3, -0.25) is 4.90 Å². The molecule has 0 bridgehead atoms. The number of anilines is 1. The van der Waals surface area contributed by atoms with Crippen molar-refractivity contribution in [2.24, 2.45) is 0 Å².